The molecule has 0 N–H and O–H groups in total. The second-order valence-electron chi connectivity index (χ2n) is 3.50. The van der Waals surface area contributed by atoms with E-state index in [1.807, 2.05) is 30.3 Å². The Morgan fingerprint density at radius 3 is 2.71 bits per heavy atom. The van der Waals surface area contributed by atoms with Crippen LogP contribution in [0.1, 0.15) is 5.69 Å². The fraction of sp³-hybridized carbons (Fsp3) is 0.182. The topological polar surface area (TPSA) is 70.2 Å². The maximum atomic E-state index is 10.6. The molecule has 0 saturated carbocycles. The monoisotopic (exact) mass is 233 g/mol. The number of para-hydroxylation sites is 1. The Kier molecular flexibility index (Phi) is 3.04. The molecule has 0 aliphatic carbocycles. The highest BCUT2D eigenvalue weighted by molar-refractivity contribution is 5.21. The highest BCUT2D eigenvalue weighted by atomic mass is 16.6. The molecule has 2 rings (SSSR count). The van der Waals surface area contributed by atoms with Crippen molar-refractivity contribution in [3.63, 3.8) is 0 Å². The first-order valence-electron chi connectivity index (χ1n) is 5.01. The molecule has 0 aliphatic rings. The van der Waals surface area contributed by atoms with E-state index in [0.29, 0.717) is 11.4 Å². The summed E-state index contributed by atoms with van der Waals surface area (Å²) in [6.45, 7) is 0.214. The standard InChI is InChI=1S/C11H11N3O3/c1-13-7-9(12-11(13)14(15)16)8-17-10-5-3-2-4-6-10/h2-7H,8H2,1H3. The summed E-state index contributed by atoms with van der Waals surface area (Å²) in [7, 11) is 1.58. The van der Waals surface area contributed by atoms with Crippen molar-refractivity contribution in [2.75, 3.05) is 0 Å². The summed E-state index contributed by atoms with van der Waals surface area (Å²) in [5.74, 6) is 0.525. The summed E-state index contributed by atoms with van der Waals surface area (Å²) >= 11 is 0. The highest BCUT2D eigenvalue weighted by Gasteiger charge is 2.16. The Bertz CT molecular complexity index is 522. The molecule has 0 amide bonds. The number of ether oxygens (including phenoxy) is 1. The largest absolute Gasteiger partial charge is 0.486 e. The molecule has 6 heteroatoms. The molecule has 0 aliphatic heterocycles. The third-order valence-corrected chi connectivity index (χ3v) is 2.19. The highest BCUT2D eigenvalue weighted by Crippen LogP contribution is 2.13. The number of aromatic nitrogens is 2. The molecule has 0 unspecified atom stereocenters. The first kappa shape index (κ1) is 11.1. The van der Waals surface area contributed by atoms with Crippen LogP contribution in [0.25, 0.3) is 0 Å². The van der Waals surface area contributed by atoms with Gasteiger partial charge in [-0.3, -0.25) is 0 Å². The van der Waals surface area contributed by atoms with Crippen molar-refractivity contribution < 1.29 is 9.66 Å². The van der Waals surface area contributed by atoms with Crippen molar-refractivity contribution in [3.8, 4) is 5.75 Å². The minimum absolute atomic E-state index is 0.184. The van der Waals surface area contributed by atoms with Crippen LogP contribution >= 0.6 is 0 Å². The summed E-state index contributed by atoms with van der Waals surface area (Å²) in [5, 5.41) is 10.6. The van der Waals surface area contributed by atoms with Crippen LogP contribution in [-0.2, 0) is 13.7 Å². The van der Waals surface area contributed by atoms with E-state index in [1.165, 1.54) is 4.57 Å². The smallest absolute Gasteiger partial charge is 0.434 e. The Balaban J connectivity index is 2.05. The van der Waals surface area contributed by atoms with Gasteiger partial charge in [-0.15, -0.1) is 0 Å². The van der Waals surface area contributed by atoms with Gasteiger partial charge in [0.1, 0.15) is 18.6 Å². The lowest BCUT2D eigenvalue weighted by atomic mass is 10.3. The van der Waals surface area contributed by atoms with E-state index >= 15 is 0 Å². The van der Waals surface area contributed by atoms with Crippen molar-refractivity contribution in [1.29, 1.82) is 0 Å². The number of nitro groups is 1. The fourth-order valence-corrected chi connectivity index (χ4v) is 1.43. The van der Waals surface area contributed by atoms with Gasteiger partial charge in [-0.1, -0.05) is 23.2 Å². The lowest BCUT2D eigenvalue weighted by Crippen LogP contribution is -1.97. The molecule has 17 heavy (non-hydrogen) atoms. The Morgan fingerprint density at radius 2 is 2.12 bits per heavy atom. The number of hydrogen-bond acceptors (Lipinski definition) is 4. The van der Waals surface area contributed by atoms with Crippen LogP contribution in [0.3, 0.4) is 0 Å². The number of nitrogens with zero attached hydrogens (tertiary/aromatic N) is 3. The molecule has 2 aromatic rings. The van der Waals surface area contributed by atoms with Crippen LogP contribution in [0, 0.1) is 10.1 Å². The number of benzene rings is 1. The molecule has 1 aromatic carbocycles. The molecule has 0 atom stereocenters. The quantitative estimate of drug-likeness (QED) is 0.597. The molecule has 6 nitrogen and oxygen atoms in total. The van der Waals surface area contributed by atoms with E-state index in [4.69, 9.17) is 4.74 Å². The average Bonchev–Trinajstić information content (AvgIpc) is 2.69. The number of imidazole rings is 1. The molecule has 0 spiro atoms. The predicted octanol–water partition coefficient (Wildman–Crippen LogP) is 1.91. The zero-order chi connectivity index (χ0) is 12.3. The van der Waals surface area contributed by atoms with Crippen LogP contribution in [0.2, 0.25) is 0 Å². The number of hydrogen-bond donors (Lipinski definition) is 0. The Hall–Kier alpha value is -2.37. The first-order valence-corrected chi connectivity index (χ1v) is 5.01. The number of aryl methyl sites for hydroxylation is 1. The van der Waals surface area contributed by atoms with Crippen molar-refractivity contribution >= 4 is 5.95 Å². The summed E-state index contributed by atoms with van der Waals surface area (Å²) < 4.78 is 6.81. The van der Waals surface area contributed by atoms with E-state index in [2.05, 4.69) is 4.98 Å². The zero-order valence-corrected chi connectivity index (χ0v) is 9.24. The van der Waals surface area contributed by atoms with Gasteiger partial charge in [-0.05, 0) is 17.1 Å². The van der Waals surface area contributed by atoms with Gasteiger partial charge in [0.05, 0.1) is 7.05 Å². The minimum atomic E-state index is -0.522. The van der Waals surface area contributed by atoms with Gasteiger partial charge in [-0.2, -0.15) is 0 Å². The van der Waals surface area contributed by atoms with E-state index in [1.54, 1.807) is 13.2 Å². The number of rotatable bonds is 4. The van der Waals surface area contributed by atoms with Crippen molar-refractivity contribution in [1.82, 2.24) is 9.55 Å². The van der Waals surface area contributed by atoms with Gasteiger partial charge in [0.2, 0.25) is 0 Å². The first-order chi connectivity index (χ1) is 8.16. The van der Waals surface area contributed by atoms with Crippen LogP contribution < -0.4 is 4.74 Å². The molecule has 88 valence electrons. The fourth-order valence-electron chi connectivity index (χ4n) is 1.43. The van der Waals surface area contributed by atoms with E-state index in [-0.39, 0.29) is 12.6 Å². The molecular formula is C11H11N3O3. The summed E-state index contributed by atoms with van der Waals surface area (Å²) in [6, 6.07) is 9.24. The molecule has 0 bridgehead atoms. The lowest BCUT2D eigenvalue weighted by molar-refractivity contribution is -0.396. The van der Waals surface area contributed by atoms with Crippen LogP contribution in [-0.4, -0.2) is 14.5 Å². The Morgan fingerprint density at radius 1 is 1.41 bits per heavy atom. The summed E-state index contributed by atoms with van der Waals surface area (Å²) in [4.78, 5) is 13.9. The normalized spacial score (nSPS) is 10.2. The zero-order valence-electron chi connectivity index (χ0n) is 9.24. The minimum Gasteiger partial charge on any atom is -0.486 e. The summed E-state index contributed by atoms with van der Waals surface area (Å²) in [6.07, 6.45) is 1.58. The molecule has 1 heterocycles. The van der Waals surface area contributed by atoms with E-state index in [0.717, 1.165) is 0 Å². The van der Waals surface area contributed by atoms with Crippen LogP contribution in [0.5, 0.6) is 5.75 Å². The maximum absolute atomic E-state index is 10.6. The molecule has 1 aromatic heterocycles. The molecule has 0 radical (unpaired) electrons. The predicted molar refractivity (Wildman–Crippen MR) is 60.6 cm³/mol. The van der Waals surface area contributed by atoms with Crippen molar-refractivity contribution in [2.45, 2.75) is 6.61 Å². The second-order valence-corrected chi connectivity index (χ2v) is 3.50. The van der Waals surface area contributed by atoms with Gasteiger partial charge in [0, 0.05) is 0 Å². The lowest BCUT2D eigenvalue weighted by Gasteiger charge is -2.00. The van der Waals surface area contributed by atoms with E-state index in [9.17, 15) is 10.1 Å². The summed E-state index contributed by atoms with van der Waals surface area (Å²) in [5.41, 5.74) is 0.531. The van der Waals surface area contributed by atoms with Crippen LogP contribution in [0.4, 0.5) is 5.95 Å². The van der Waals surface area contributed by atoms with Crippen LogP contribution in [0.15, 0.2) is 36.5 Å². The van der Waals surface area contributed by atoms with Gasteiger partial charge in [0.25, 0.3) is 0 Å². The van der Waals surface area contributed by atoms with Gasteiger partial charge >= 0.3 is 5.95 Å². The average molecular weight is 233 g/mol. The van der Waals surface area contributed by atoms with Gasteiger partial charge in [-0.25, -0.2) is 4.57 Å². The second kappa shape index (κ2) is 4.65. The third kappa shape index (κ3) is 2.60. The molecule has 0 fully saturated rings. The van der Waals surface area contributed by atoms with Crippen molar-refractivity contribution in [3.05, 3.63) is 52.3 Å². The maximum Gasteiger partial charge on any atom is 0.434 e. The molecule has 0 saturated heterocycles. The Labute approximate surface area is 97.6 Å². The van der Waals surface area contributed by atoms with Gasteiger partial charge < -0.3 is 14.9 Å². The molecular weight excluding hydrogens is 222 g/mol. The van der Waals surface area contributed by atoms with E-state index < -0.39 is 4.92 Å². The third-order valence-electron chi connectivity index (χ3n) is 2.19. The van der Waals surface area contributed by atoms with Crippen molar-refractivity contribution in [2.24, 2.45) is 7.05 Å². The van der Waals surface area contributed by atoms with Gasteiger partial charge in [0.15, 0.2) is 5.69 Å². The SMILES string of the molecule is Cn1cc(COc2ccccc2)nc1[N+](=O)[O-].